The van der Waals surface area contributed by atoms with Crippen molar-refractivity contribution in [2.45, 2.75) is 56.5 Å². The highest BCUT2D eigenvalue weighted by Gasteiger charge is 2.42. The fourth-order valence-electron chi connectivity index (χ4n) is 4.29. The van der Waals surface area contributed by atoms with Crippen molar-refractivity contribution in [3.8, 4) is 5.88 Å². The zero-order valence-corrected chi connectivity index (χ0v) is 23.4. The van der Waals surface area contributed by atoms with Gasteiger partial charge in [0.2, 0.25) is 5.88 Å². The Bertz CT molecular complexity index is 1210. The van der Waals surface area contributed by atoms with Gasteiger partial charge in [-0.05, 0) is 18.9 Å². The van der Waals surface area contributed by atoms with E-state index in [2.05, 4.69) is 32.1 Å². The van der Waals surface area contributed by atoms with Crippen LogP contribution in [0.5, 0.6) is 5.88 Å². The molecule has 2 aliphatic heterocycles. The Labute approximate surface area is 248 Å². The summed E-state index contributed by atoms with van der Waals surface area (Å²) in [7, 11) is 3.68. The van der Waals surface area contributed by atoms with Gasteiger partial charge in [0.15, 0.2) is 0 Å². The summed E-state index contributed by atoms with van der Waals surface area (Å²) >= 11 is 0. The van der Waals surface area contributed by atoms with Crippen molar-refractivity contribution in [3.63, 3.8) is 0 Å². The van der Waals surface area contributed by atoms with Gasteiger partial charge >= 0.3 is 36.4 Å². The van der Waals surface area contributed by atoms with Crippen LogP contribution in [0.15, 0.2) is 30.7 Å². The molecule has 0 saturated carbocycles. The quantitative estimate of drug-likeness (QED) is 0.400. The summed E-state index contributed by atoms with van der Waals surface area (Å²) in [4.78, 5) is 36.2. The molecule has 4 rings (SSSR count). The predicted molar refractivity (Wildman–Crippen MR) is 133 cm³/mol. The molecule has 2 fully saturated rings. The van der Waals surface area contributed by atoms with Gasteiger partial charge in [-0.3, -0.25) is 14.5 Å². The number of ether oxygens (including phenoxy) is 1. The van der Waals surface area contributed by atoms with Gasteiger partial charge in [-0.2, -0.15) is 44.6 Å². The lowest BCUT2D eigenvalue weighted by Crippen LogP contribution is -2.36. The van der Waals surface area contributed by atoms with Crippen molar-refractivity contribution < 1.29 is 74.0 Å². The van der Waals surface area contributed by atoms with Crippen LogP contribution >= 0.6 is 0 Å². The number of likely N-dealkylation sites (tertiary alicyclic amines) is 2. The topological polar surface area (TPSA) is 158 Å². The highest BCUT2D eigenvalue weighted by atomic mass is 19.4. The first-order valence-electron chi connectivity index (χ1n) is 12.4. The first-order valence-corrected chi connectivity index (χ1v) is 12.4. The summed E-state index contributed by atoms with van der Waals surface area (Å²) in [6, 6.07) is 5.43. The van der Waals surface area contributed by atoms with E-state index in [9.17, 15) is 39.5 Å². The first-order chi connectivity index (χ1) is 20.6. The van der Waals surface area contributed by atoms with Crippen molar-refractivity contribution >= 4 is 17.9 Å². The van der Waals surface area contributed by atoms with Crippen LogP contribution in [0.4, 0.5) is 39.5 Å². The SMILES string of the molecule is COc1ncccc1CN1CC[C@H]2[C@H]1CCN2Cc1cnn(C)c1.O=C(O)C(F)(F)F.O=C(O)C(F)(F)F.O=C(O)C(F)(F)F. The van der Waals surface area contributed by atoms with Crippen molar-refractivity contribution in [1.82, 2.24) is 24.6 Å². The summed E-state index contributed by atoms with van der Waals surface area (Å²) < 4.78 is 103. The van der Waals surface area contributed by atoms with E-state index < -0.39 is 36.4 Å². The molecule has 0 spiro atoms. The fraction of sp³-hybridized carbons (Fsp3) is 0.542. The number of halogens is 9. The van der Waals surface area contributed by atoms with E-state index in [1.54, 1.807) is 13.3 Å². The number of aliphatic carboxylic acids is 3. The van der Waals surface area contributed by atoms with Gasteiger partial charge in [-0.25, -0.2) is 19.4 Å². The van der Waals surface area contributed by atoms with Crippen LogP contribution < -0.4 is 4.74 Å². The minimum Gasteiger partial charge on any atom is -0.481 e. The molecule has 0 bridgehead atoms. The number of nitrogens with zero attached hydrogens (tertiary/aromatic N) is 5. The van der Waals surface area contributed by atoms with Crippen LogP contribution in [-0.2, 0) is 34.5 Å². The van der Waals surface area contributed by atoms with Crippen LogP contribution in [-0.4, -0.2) is 109 Å². The number of methoxy groups -OCH3 is 1. The van der Waals surface area contributed by atoms with Crippen molar-refractivity contribution in [2.75, 3.05) is 20.2 Å². The van der Waals surface area contributed by atoms with Gasteiger partial charge in [0.25, 0.3) is 0 Å². The maximum absolute atomic E-state index is 10.6. The minimum absolute atomic E-state index is 0.645. The lowest BCUT2D eigenvalue weighted by molar-refractivity contribution is -0.193. The molecule has 0 unspecified atom stereocenters. The molecule has 45 heavy (non-hydrogen) atoms. The molecule has 2 saturated heterocycles. The molecule has 0 amide bonds. The number of hydrogen-bond acceptors (Lipinski definition) is 8. The Morgan fingerprint density at radius 2 is 1.27 bits per heavy atom. The molecule has 2 atom stereocenters. The monoisotopic (exact) mass is 669 g/mol. The molecule has 2 aromatic rings. The zero-order chi connectivity index (χ0) is 34.8. The molecule has 2 aromatic heterocycles. The fourth-order valence-corrected chi connectivity index (χ4v) is 4.29. The number of alkyl halides is 9. The van der Waals surface area contributed by atoms with Crippen LogP contribution in [0.25, 0.3) is 0 Å². The summed E-state index contributed by atoms with van der Waals surface area (Å²) in [5.41, 5.74) is 2.50. The van der Waals surface area contributed by atoms with Crippen LogP contribution in [0.2, 0.25) is 0 Å². The van der Waals surface area contributed by atoms with Gasteiger partial charge < -0.3 is 20.1 Å². The second-order valence-corrected chi connectivity index (χ2v) is 9.26. The van der Waals surface area contributed by atoms with Crippen molar-refractivity contribution in [2.24, 2.45) is 7.05 Å². The Balaban J connectivity index is 0.000000396. The number of rotatable bonds is 5. The standard InChI is InChI=1S/C18H25N5O.3C2HF3O2/c1-21-11-14(10-20-21)12-22-8-5-17-16(22)6-9-23(17)13-15-4-3-7-19-18(15)24-2;3*3-2(4,5)1(6)7/h3-4,7,10-11,16-17H,5-6,8-9,12-13H2,1-2H3;3*(H,6,7)/t16-,17+;;;/m0.../s1. The summed E-state index contributed by atoms with van der Waals surface area (Å²) in [5, 5.41) is 25.7. The van der Waals surface area contributed by atoms with Gasteiger partial charge in [0, 0.05) is 68.8 Å². The number of carboxylic acids is 3. The molecule has 12 nitrogen and oxygen atoms in total. The molecule has 3 N–H and O–H groups in total. The van der Waals surface area contributed by atoms with Crippen molar-refractivity contribution in [1.29, 1.82) is 0 Å². The number of aromatic nitrogens is 3. The first kappa shape index (κ1) is 38.9. The number of hydrogen-bond donors (Lipinski definition) is 3. The van der Waals surface area contributed by atoms with Gasteiger partial charge in [-0.15, -0.1) is 0 Å². The molecule has 0 aromatic carbocycles. The van der Waals surface area contributed by atoms with E-state index >= 15 is 0 Å². The Morgan fingerprint density at radius 1 is 0.844 bits per heavy atom. The number of carbonyl (C=O) groups is 3. The zero-order valence-electron chi connectivity index (χ0n) is 23.4. The number of pyridine rings is 1. The van der Waals surface area contributed by atoms with Gasteiger partial charge in [-0.1, -0.05) is 6.07 Å². The maximum Gasteiger partial charge on any atom is 0.490 e. The molecular formula is C24H28F9N5O7. The molecule has 21 heteroatoms. The molecule has 254 valence electrons. The highest BCUT2D eigenvalue weighted by Crippen LogP contribution is 2.34. The Kier molecular flexibility index (Phi) is 14.0. The summed E-state index contributed by atoms with van der Waals surface area (Å²) in [5.74, 6) is -7.52. The van der Waals surface area contributed by atoms with E-state index in [0.29, 0.717) is 12.1 Å². The average molecular weight is 669 g/mol. The van der Waals surface area contributed by atoms with E-state index in [0.717, 1.165) is 25.5 Å². The van der Waals surface area contributed by atoms with Crippen LogP contribution in [0, 0.1) is 0 Å². The summed E-state index contributed by atoms with van der Waals surface area (Å²) in [6.07, 6.45) is -6.86. The molecule has 0 aliphatic carbocycles. The maximum atomic E-state index is 10.6. The molecule has 2 aliphatic rings. The molecule has 0 radical (unpaired) electrons. The summed E-state index contributed by atoms with van der Waals surface area (Å²) in [6.45, 7) is 4.26. The van der Waals surface area contributed by atoms with Gasteiger partial charge in [0.05, 0.1) is 13.3 Å². The van der Waals surface area contributed by atoms with E-state index in [-0.39, 0.29) is 0 Å². The predicted octanol–water partition coefficient (Wildman–Crippen LogP) is 3.57. The second kappa shape index (κ2) is 16.3. The van der Waals surface area contributed by atoms with E-state index in [4.69, 9.17) is 34.4 Å². The minimum atomic E-state index is -5.08. The van der Waals surface area contributed by atoms with E-state index in [1.165, 1.54) is 30.5 Å². The Hall–Kier alpha value is -4.14. The Morgan fingerprint density at radius 3 is 1.62 bits per heavy atom. The molecule has 4 heterocycles. The smallest absolute Gasteiger partial charge is 0.481 e. The lowest BCUT2D eigenvalue weighted by Gasteiger charge is -2.25. The lowest BCUT2D eigenvalue weighted by atomic mass is 10.1. The third-order valence-electron chi connectivity index (χ3n) is 6.09. The normalized spacial score (nSPS) is 18.3. The number of aryl methyl sites for hydroxylation is 1. The number of carboxylic acid groups (broad SMARTS) is 3. The van der Waals surface area contributed by atoms with E-state index in [1.807, 2.05) is 24.0 Å². The van der Waals surface area contributed by atoms with Gasteiger partial charge in [0.1, 0.15) is 0 Å². The van der Waals surface area contributed by atoms with Crippen molar-refractivity contribution in [3.05, 3.63) is 41.9 Å². The average Bonchev–Trinajstić information content (AvgIpc) is 3.62. The largest absolute Gasteiger partial charge is 0.490 e. The number of fused-ring (bicyclic) bond motifs is 1. The second-order valence-electron chi connectivity index (χ2n) is 9.26. The van der Waals surface area contributed by atoms with Crippen LogP contribution in [0.3, 0.4) is 0 Å². The highest BCUT2D eigenvalue weighted by molar-refractivity contribution is 5.73. The third-order valence-corrected chi connectivity index (χ3v) is 6.09. The van der Waals surface area contributed by atoms with Crippen LogP contribution in [0.1, 0.15) is 24.0 Å². The third kappa shape index (κ3) is 13.2. The molecular weight excluding hydrogens is 641 g/mol.